The summed E-state index contributed by atoms with van der Waals surface area (Å²) in [5.74, 6) is -0.509. The predicted molar refractivity (Wildman–Crippen MR) is 57.8 cm³/mol. The van der Waals surface area contributed by atoms with Gasteiger partial charge in [0.15, 0.2) is 6.29 Å². The Morgan fingerprint density at radius 3 is 2.56 bits per heavy atom. The number of aldehydes is 1. The number of ether oxygens (including phenoxy) is 2. The van der Waals surface area contributed by atoms with Crippen LogP contribution in [0.15, 0.2) is 18.5 Å². The molecule has 0 aliphatic rings. The molecule has 5 heteroatoms. The van der Waals surface area contributed by atoms with Crippen LogP contribution in [0, 0.1) is 0 Å². The van der Waals surface area contributed by atoms with E-state index in [0.29, 0.717) is 17.5 Å². The third-order valence-electron chi connectivity index (χ3n) is 2.12. The molecule has 86 valence electrons. The third-order valence-corrected chi connectivity index (χ3v) is 2.12. The van der Waals surface area contributed by atoms with Gasteiger partial charge in [-0.3, -0.25) is 4.79 Å². The minimum Gasteiger partial charge on any atom is -0.503 e. The van der Waals surface area contributed by atoms with E-state index in [1.54, 1.807) is 23.9 Å². The van der Waals surface area contributed by atoms with Gasteiger partial charge in [-0.05, 0) is 6.07 Å². The summed E-state index contributed by atoms with van der Waals surface area (Å²) < 4.78 is 11.0. The second-order valence-corrected chi connectivity index (χ2v) is 3.14. The molecule has 0 spiro atoms. The molecule has 16 heavy (non-hydrogen) atoms. The molecule has 0 bridgehead atoms. The van der Waals surface area contributed by atoms with Crippen molar-refractivity contribution in [1.29, 1.82) is 0 Å². The first kappa shape index (κ1) is 12.0. The Hall–Kier alpha value is -2.04. The van der Waals surface area contributed by atoms with Gasteiger partial charge in [0, 0.05) is 18.8 Å². The molecular formula is C11H13NO4. The van der Waals surface area contributed by atoms with Crippen LogP contribution in [0.5, 0.6) is 0 Å². The van der Waals surface area contributed by atoms with Crippen LogP contribution in [0.4, 0.5) is 0 Å². The second kappa shape index (κ2) is 5.16. The number of methoxy groups -OCH3 is 2. The summed E-state index contributed by atoms with van der Waals surface area (Å²) in [6, 6.07) is 1.59. The lowest BCUT2D eigenvalue weighted by atomic mass is 10.1. The molecule has 5 nitrogen and oxygen atoms in total. The van der Waals surface area contributed by atoms with Gasteiger partial charge in [0.05, 0.1) is 26.2 Å². The Labute approximate surface area is 93.3 Å². The van der Waals surface area contributed by atoms with Crippen molar-refractivity contribution in [3.05, 3.63) is 29.8 Å². The predicted octanol–water partition coefficient (Wildman–Crippen LogP) is 0.998. The molecule has 0 saturated heterocycles. The standard InChI is InChI=1S/C11H13NO4/c1-12-5-8(4-9(12)6-13)10(7-15-2)11(14)16-3/h4-7H,1-3H3. The molecule has 1 heterocycles. The molecule has 0 atom stereocenters. The van der Waals surface area contributed by atoms with Gasteiger partial charge in [-0.15, -0.1) is 0 Å². The van der Waals surface area contributed by atoms with Crippen molar-refractivity contribution >= 4 is 17.8 Å². The SMILES string of the molecule is COC=C(C(=O)OC)c1cc(C=O)n(C)c1. The topological polar surface area (TPSA) is 57.5 Å². The smallest absolute Gasteiger partial charge is 0.341 e. The third kappa shape index (κ3) is 2.31. The Balaban J connectivity index is 3.16. The molecule has 0 unspecified atom stereocenters. The van der Waals surface area contributed by atoms with E-state index in [-0.39, 0.29) is 5.57 Å². The maximum Gasteiger partial charge on any atom is 0.341 e. The van der Waals surface area contributed by atoms with Crippen LogP contribution in [0.25, 0.3) is 5.57 Å². The minimum atomic E-state index is -0.509. The van der Waals surface area contributed by atoms with Crippen LogP contribution in [0.3, 0.4) is 0 Å². The number of aryl methyl sites for hydroxylation is 1. The molecule has 0 N–H and O–H groups in total. The average molecular weight is 223 g/mol. The summed E-state index contributed by atoms with van der Waals surface area (Å²) in [6.07, 6.45) is 3.66. The van der Waals surface area contributed by atoms with Crippen molar-refractivity contribution in [2.45, 2.75) is 0 Å². The Bertz CT molecular complexity index is 431. The van der Waals surface area contributed by atoms with Gasteiger partial charge >= 0.3 is 5.97 Å². The first-order valence-electron chi connectivity index (χ1n) is 4.57. The fourth-order valence-corrected chi connectivity index (χ4v) is 1.31. The lowest BCUT2D eigenvalue weighted by Gasteiger charge is -2.02. The van der Waals surface area contributed by atoms with E-state index < -0.39 is 5.97 Å². The van der Waals surface area contributed by atoms with Crippen LogP contribution in [0.2, 0.25) is 0 Å². The van der Waals surface area contributed by atoms with Crippen molar-refractivity contribution in [2.75, 3.05) is 14.2 Å². The van der Waals surface area contributed by atoms with E-state index in [9.17, 15) is 9.59 Å². The van der Waals surface area contributed by atoms with Gasteiger partial charge in [-0.25, -0.2) is 4.79 Å². The quantitative estimate of drug-likeness (QED) is 0.330. The lowest BCUT2D eigenvalue weighted by Crippen LogP contribution is -2.03. The van der Waals surface area contributed by atoms with E-state index in [1.165, 1.54) is 20.5 Å². The minimum absolute atomic E-state index is 0.272. The van der Waals surface area contributed by atoms with Crippen molar-refractivity contribution in [2.24, 2.45) is 7.05 Å². The van der Waals surface area contributed by atoms with Crippen LogP contribution in [0.1, 0.15) is 16.1 Å². The van der Waals surface area contributed by atoms with E-state index in [2.05, 4.69) is 4.74 Å². The number of carbonyl (C=O) groups is 2. The maximum atomic E-state index is 11.4. The molecule has 0 fully saturated rings. The molecule has 0 saturated carbocycles. The second-order valence-electron chi connectivity index (χ2n) is 3.14. The molecule has 1 aromatic heterocycles. The zero-order valence-electron chi connectivity index (χ0n) is 9.39. The van der Waals surface area contributed by atoms with Crippen LogP contribution >= 0.6 is 0 Å². The number of aromatic nitrogens is 1. The van der Waals surface area contributed by atoms with Gasteiger partial charge in [0.1, 0.15) is 5.57 Å². The number of rotatable bonds is 4. The molecule has 1 rings (SSSR count). The highest BCUT2D eigenvalue weighted by molar-refractivity contribution is 6.16. The van der Waals surface area contributed by atoms with Crippen molar-refractivity contribution < 1.29 is 19.1 Å². The zero-order valence-corrected chi connectivity index (χ0v) is 9.39. The summed E-state index contributed by atoms with van der Waals surface area (Å²) in [5.41, 5.74) is 1.33. The van der Waals surface area contributed by atoms with E-state index in [0.717, 1.165) is 0 Å². The maximum absolute atomic E-state index is 11.4. The summed E-state index contributed by atoms with van der Waals surface area (Å²) in [5, 5.41) is 0. The van der Waals surface area contributed by atoms with Crippen LogP contribution < -0.4 is 0 Å². The van der Waals surface area contributed by atoms with Gasteiger partial charge in [0.25, 0.3) is 0 Å². The molecule has 1 aromatic rings. The highest BCUT2D eigenvalue weighted by Crippen LogP contribution is 2.18. The molecule has 0 aliphatic heterocycles. The number of esters is 1. The molecule has 0 amide bonds. The normalized spacial score (nSPS) is 11.1. The number of nitrogens with zero attached hydrogens (tertiary/aromatic N) is 1. The molecule has 0 aliphatic carbocycles. The number of hydrogen-bond donors (Lipinski definition) is 0. The summed E-state index contributed by atoms with van der Waals surface area (Å²) in [6.45, 7) is 0. The van der Waals surface area contributed by atoms with Crippen LogP contribution in [-0.2, 0) is 21.3 Å². The first-order valence-corrected chi connectivity index (χ1v) is 4.57. The Morgan fingerprint density at radius 2 is 2.12 bits per heavy atom. The summed E-state index contributed by atoms with van der Waals surface area (Å²) in [7, 11) is 4.44. The van der Waals surface area contributed by atoms with E-state index in [4.69, 9.17) is 4.74 Å². The van der Waals surface area contributed by atoms with Crippen molar-refractivity contribution in [3.63, 3.8) is 0 Å². The Kier molecular flexibility index (Phi) is 3.88. The van der Waals surface area contributed by atoms with Gasteiger partial charge in [-0.2, -0.15) is 0 Å². The highest BCUT2D eigenvalue weighted by Gasteiger charge is 2.15. The average Bonchev–Trinajstić information content (AvgIpc) is 2.66. The van der Waals surface area contributed by atoms with E-state index >= 15 is 0 Å². The van der Waals surface area contributed by atoms with Gasteiger partial charge < -0.3 is 14.0 Å². The lowest BCUT2D eigenvalue weighted by molar-refractivity contribution is -0.133. The van der Waals surface area contributed by atoms with Crippen molar-refractivity contribution in [1.82, 2.24) is 4.57 Å². The number of carbonyl (C=O) groups excluding carboxylic acids is 2. The van der Waals surface area contributed by atoms with E-state index in [1.807, 2.05) is 0 Å². The highest BCUT2D eigenvalue weighted by atomic mass is 16.5. The fraction of sp³-hybridized carbons (Fsp3) is 0.273. The van der Waals surface area contributed by atoms with Crippen LogP contribution in [-0.4, -0.2) is 31.0 Å². The fourth-order valence-electron chi connectivity index (χ4n) is 1.31. The van der Waals surface area contributed by atoms with Gasteiger partial charge in [-0.1, -0.05) is 0 Å². The summed E-state index contributed by atoms with van der Waals surface area (Å²) in [4.78, 5) is 22.1. The molecule has 0 aromatic carbocycles. The summed E-state index contributed by atoms with van der Waals surface area (Å²) >= 11 is 0. The monoisotopic (exact) mass is 223 g/mol. The van der Waals surface area contributed by atoms with Gasteiger partial charge in [0.2, 0.25) is 0 Å². The number of hydrogen-bond acceptors (Lipinski definition) is 4. The largest absolute Gasteiger partial charge is 0.503 e. The molecule has 0 radical (unpaired) electrons. The molecular weight excluding hydrogens is 210 g/mol. The Morgan fingerprint density at radius 1 is 1.44 bits per heavy atom. The zero-order chi connectivity index (χ0) is 12.1. The van der Waals surface area contributed by atoms with Crippen molar-refractivity contribution in [3.8, 4) is 0 Å². The first-order chi connectivity index (χ1) is 7.63.